The van der Waals surface area contributed by atoms with Gasteiger partial charge in [-0.3, -0.25) is 0 Å². The summed E-state index contributed by atoms with van der Waals surface area (Å²) in [6, 6.07) is 17.1. The van der Waals surface area contributed by atoms with Crippen molar-refractivity contribution in [2.75, 3.05) is 6.61 Å². The van der Waals surface area contributed by atoms with Crippen LogP contribution >= 0.6 is 0 Å². The highest BCUT2D eigenvalue weighted by Gasteiger charge is 2.18. The van der Waals surface area contributed by atoms with E-state index in [1.54, 1.807) is 0 Å². The predicted molar refractivity (Wildman–Crippen MR) is 102 cm³/mol. The van der Waals surface area contributed by atoms with Crippen LogP contribution in [-0.2, 0) is 6.54 Å². The maximum absolute atomic E-state index is 6.16. The first-order valence-corrected chi connectivity index (χ1v) is 9.47. The van der Waals surface area contributed by atoms with Crippen LogP contribution in [0, 0.1) is 0 Å². The van der Waals surface area contributed by atoms with Gasteiger partial charge >= 0.3 is 0 Å². The summed E-state index contributed by atoms with van der Waals surface area (Å²) in [5.74, 6) is 1.75. The van der Waals surface area contributed by atoms with Gasteiger partial charge in [-0.25, -0.2) is 0 Å². The van der Waals surface area contributed by atoms with E-state index in [0.717, 1.165) is 30.9 Å². The van der Waals surface area contributed by atoms with Crippen molar-refractivity contribution in [3.63, 3.8) is 0 Å². The van der Waals surface area contributed by atoms with E-state index in [9.17, 15) is 0 Å². The Balaban J connectivity index is 1.64. The Labute approximate surface area is 151 Å². The number of nitrogens with one attached hydrogen (secondary N) is 1. The van der Waals surface area contributed by atoms with Gasteiger partial charge in [0.05, 0.1) is 12.7 Å². The lowest BCUT2D eigenvalue weighted by molar-refractivity contribution is 0.196. The van der Waals surface area contributed by atoms with Gasteiger partial charge in [0.15, 0.2) is 11.5 Å². The van der Waals surface area contributed by atoms with Crippen LogP contribution in [0.15, 0.2) is 48.5 Å². The Hall–Kier alpha value is -2.00. The average molecular weight is 339 g/mol. The molecule has 1 aliphatic carbocycles. The molecule has 0 radical (unpaired) electrons. The molecule has 3 rings (SSSR count). The molecule has 0 heterocycles. The van der Waals surface area contributed by atoms with Gasteiger partial charge in [0.2, 0.25) is 0 Å². The minimum Gasteiger partial charge on any atom is -0.490 e. The summed E-state index contributed by atoms with van der Waals surface area (Å²) in [6.45, 7) is 5.66. The zero-order valence-corrected chi connectivity index (χ0v) is 15.3. The molecule has 0 aliphatic heterocycles. The number of benzene rings is 2. The summed E-state index contributed by atoms with van der Waals surface area (Å²) in [4.78, 5) is 0. The number of rotatable bonds is 8. The predicted octanol–water partition coefficient (Wildman–Crippen LogP) is 5.26. The van der Waals surface area contributed by atoms with Gasteiger partial charge in [0, 0.05) is 12.6 Å². The Morgan fingerprint density at radius 2 is 1.80 bits per heavy atom. The molecule has 25 heavy (non-hydrogen) atoms. The van der Waals surface area contributed by atoms with Gasteiger partial charge < -0.3 is 14.8 Å². The van der Waals surface area contributed by atoms with Crippen molar-refractivity contribution in [1.29, 1.82) is 0 Å². The molecule has 1 N–H and O–H groups in total. The lowest BCUT2D eigenvalue weighted by atomic mass is 10.1. The molecule has 1 fully saturated rings. The molecule has 0 aromatic heterocycles. The average Bonchev–Trinajstić information content (AvgIpc) is 3.15. The van der Waals surface area contributed by atoms with Gasteiger partial charge in [-0.1, -0.05) is 36.4 Å². The van der Waals surface area contributed by atoms with Gasteiger partial charge in [-0.05, 0) is 62.8 Å². The minimum atomic E-state index is 0.311. The summed E-state index contributed by atoms with van der Waals surface area (Å²) >= 11 is 0. The van der Waals surface area contributed by atoms with Gasteiger partial charge in [0.25, 0.3) is 0 Å². The highest BCUT2D eigenvalue weighted by atomic mass is 16.5. The normalized spacial score (nSPS) is 15.9. The van der Waals surface area contributed by atoms with E-state index in [2.05, 4.69) is 54.7 Å². The molecular formula is C22H29NO2. The van der Waals surface area contributed by atoms with E-state index >= 15 is 0 Å². The highest BCUT2D eigenvalue weighted by molar-refractivity contribution is 5.43. The maximum atomic E-state index is 6.16. The van der Waals surface area contributed by atoms with Crippen molar-refractivity contribution in [3.8, 4) is 11.5 Å². The summed E-state index contributed by atoms with van der Waals surface area (Å²) in [7, 11) is 0. The first-order chi connectivity index (χ1) is 12.3. The molecule has 2 aromatic carbocycles. The molecule has 1 atom stereocenters. The van der Waals surface area contributed by atoms with Crippen LogP contribution in [-0.4, -0.2) is 12.7 Å². The molecule has 0 spiro atoms. The van der Waals surface area contributed by atoms with E-state index in [0.29, 0.717) is 18.8 Å². The van der Waals surface area contributed by atoms with Crippen LogP contribution in [0.5, 0.6) is 11.5 Å². The van der Waals surface area contributed by atoms with Gasteiger partial charge in [-0.2, -0.15) is 0 Å². The number of hydrogen-bond acceptors (Lipinski definition) is 3. The van der Waals surface area contributed by atoms with Crippen LogP contribution in [0.4, 0.5) is 0 Å². The second kappa shape index (κ2) is 8.91. The van der Waals surface area contributed by atoms with Crippen LogP contribution in [0.25, 0.3) is 0 Å². The molecule has 0 bridgehead atoms. The van der Waals surface area contributed by atoms with E-state index < -0.39 is 0 Å². The fourth-order valence-corrected chi connectivity index (χ4v) is 3.34. The van der Waals surface area contributed by atoms with Crippen molar-refractivity contribution in [1.82, 2.24) is 5.32 Å². The largest absolute Gasteiger partial charge is 0.490 e. The molecule has 2 aromatic rings. The molecule has 1 saturated carbocycles. The zero-order valence-electron chi connectivity index (χ0n) is 15.3. The van der Waals surface area contributed by atoms with Gasteiger partial charge in [-0.15, -0.1) is 0 Å². The molecule has 1 aliphatic rings. The van der Waals surface area contributed by atoms with Gasteiger partial charge in [0.1, 0.15) is 0 Å². The third kappa shape index (κ3) is 4.99. The fourth-order valence-electron chi connectivity index (χ4n) is 3.34. The van der Waals surface area contributed by atoms with Crippen LogP contribution in [0.1, 0.15) is 56.7 Å². The smallest absolute Gasteiger partial charge is 0.161 e. The van der Waals surface area contributed by atoms with Crippen molar-refractivity contribution in [2.24, 2.45) is 0 Å². The number of hydrogen-bond donors (Lipinski definition) is 1. The monoisotopic (exact) mass is 339 g/mol. The maximum Gasteiger partial charge on any atom is 0.161 e. The Morgan fingerprint density at radius 3 is 2.52 bits per heavy atom. The second-order valence-electron chi connectivity index (χ2n) is 6.75. The van der Waals surface area contributed by atoms with E-state index in [1.807, 2.05) is 13.0 Å². The van der Waals surface area contributed by atoms with Crippen LogP contribution < -0.4 is 14.8 Å². The number of ether oxygens (including phenoxy) is 2. The summed E-state index contributed by atoms with van der Waals surface area (Å²) in [5, 5.41) is 3.58. The topological polar surface area (TPSA) is 30.5 Å². The zero-order chi connectivity index (χ0) is 17.5. The van der Waals surface area contributed by atoms with Crippen LogP contribution in [0.2, 0.25) is 0 Å². The summed E-state index contributed by atoms with van der Waals surface area (Å²) in [6.07, 6.45) is 5.20. The Kier molecular flexibility index (Phi) is 6.35. The fraction of sp³-hybridized carbons (Fsp3) is 0.455. The standard InChI is InChI=1S/C22H29NO2/c1-3-24-22-15-18(13-14-21(22)25-20-11-7-8-12-20)16-23-17(2)19-9-5-4-6-10-19/h4-6,9-10,13-15,17,20,23H,3,7-8,11-12,16H2,1-2H3/t17-/m1/s1. The molecule has 3 nitrogen and oxygen atoms in total. The quantitative estimate of drug-likeness (QED) is 0.712. The van der Waals surface area contributed by atoms with Crippen molar-refractivity contribution in [3.05, 3.63) is 59.7 Å². The molecule has 3 heteroatoms. The minimum absolute atomic E-state index is 0.311. The van der Waals surface area contributed by atoms with Crippen LogP contribution in [0.3, 0.4) is 0 Å². The van der Waals surface area contributed by atoms with E-state index in [-0.39, 0.29) is 0 Å². The molecule has 0 amide bonds. The molecular weight excluding hydrogens is 310 g/mol. The lowest BCUT2D eigenvalue weighted by Gasteiger charge is -2.18. The van der Waals surface area contributed by atoms with E-state index in [1.165, 1.54) is 24.0 Å². The third-order valence-electron chi connectivity index (χ3n) is 4.82. The van der Waals surface area contributed by atoms with Crippen molar-refractivity contribution in [2.45, 2.75) is 58.2 Å². The third-order valence-corrected chi connectivity index (χ3v) is 4.82. The summed E-state index contributed by atoms with van der Waals surface area (Å²) in [5.41, 5.74) is 2.51. The second-order valence-corrected chi connectivity index (χ2v) is 6.75. The summed E-state index contributed by atoms with van der Waals surface area (Å²) < 4.78 is 12.0. The molecule has 0 saturated heterocycles. The molecule has 0 unspecified atom stereocenters. The lowest BCUT2D eigenvalue weighted by Crippen LogP contribution is -2.18. The first-order valence-electron chi connectivity index (χ1n) is 9.47. The van der Waals surface area contributed by atoms with Crippen molar-refractivity contribution >= 4 is 0 Å². The van der Waals surface area contributed by atoms with Crippen molar-refractivity contribution < 1.29 is 9.47 Å². The van der Waals surface area contributed by atoms with E-state index in [4.69, 9.17) is 9.47 Å². The first kappa shape index (κ1) is 17.8. The Bertz CT molecular complexity index is 650. The SMILES string of the molecule is CCOc1cc(CN[C@H](C)c2ccccc2)ccc1OC1CCCC1. The highest BCUT2D eigenvalue weighted by Crippen LogP contribution is 2.32. The molecule has 134 valence electrons. The Morgan fingerprint density at radius 1 is 1.04 bits per heavy atom.